The molecule has 202 valence electrons. The van der Waals surface area contributed by atoms with Crippen LogP contribution in [0.4, 0.5) is 17.1 Å². The number of aldehydes is 1. The highest BCUT2D eigenvalue weighted by atomic mass is 16.5. The standard InChI is InChI=1S/C39H29NO2/c41-29-31-18-22-35(23-19-31)40(36-24-26-38(27-25-36)42-37-14-8-3-9-15-37)34-20-16-30(17-21-34)28-39(32-10-4-1-5-11-32)33-12-6-2-7-13-33/h1-29H. The van der Waals surface area contributed by atoms with E-state index in [2.05, 4.69) is 83.8 Å². The second-order valence-electron chi connectivity index (χ2n) is 9.84. The van der Waals surface area contributed by atoms with E-state index in [9.17, 15) is 4.79 Å². The zero-order chi connectivity index (χ0) is 28.6. The van der Waals surface area contributed by atoms with Crippen molar-refractivity contribution in [2.24, 2.45) is 0 Å². The number of ether oxygens (including phenoxy) is 1. The van der Waals surface area contributed by atoms with Crippen molar-refractivity contribution in [2.45, 2.75) is 0 Å². The molecular weight excluding hydrogens is 514 g/mol. The van der Waals surface area contributed by atoms with E-state index in [1.165, 1.54) is 16.7 Å². The van der Waals surface area contributed by atoms with E-state index < -0.39 is 0 Å². The first-order valence-electron chi connectivity index (χ1n) is 13.9. The topological polar surface area (TPSA) is 29.5 Å². The number of rotatable bonds is 9. The summed E-state index contributed by atoms with van der Waals surface area (Å²) in [5, 5.41) is 0. The van der Waals surface area contributed by atoms with E-state index in [1.54, 1.807) is 0 Å². The number of nitrogens with zero attached hydrogens (tertiary/aromatic N) is 1. The fraction of sp³-hybridized carbons (Fsp3) is 0. The smallest absolute Gasteiger partial charge is 0.150 e. The molecule has 3 heteroatoms. The van der Waals surface area contributed by atoms with Gasteiger partial charge in [-0.3, -0.25) is 4.79 Å². The van der Waals surface area contributed by atoms with Crippen LogP contribution in [0.15, 0.2) is 164 Å². The lowest BCUT2D eigenvalue weighted by Gasteiger charge is -2.26. The molecule has 0 fully saturated rings. The predicted molar refractivity (Wildman–Crippen MR) is 173 cm³/mol. The van der Waals surface area contributed by atoms with Crippen LogP contribution in [0, 0.1) is 0 Å². The minimum atomic E-state index is 0.639. The van der Waals surface area contributed by atoms with E-state index in [0.29, 0.717) is 5.56 Å². The Morgan fingerprint density at radius 2 is 0.857 bits per heavy atom. The third-order valence-electron chi connectivity index (χ3n) is 6.99. The summed E-state index contributed by atoms with van der Waals surface area (Å²) in [6, 6.07) is 54.8. The van der Waals surface area contributed by atoms with E-state index in [0.717, 1.165) is 40.4 Å². The van der Waals surface area contributed by atoms with Crippen LogP contribution < -0.4 is 9.64 Å². The summed E-state index contributed by atoms with van der Waals surface area (Å²) in [5.41, 5.74) is 8.18. The van der Waals surface area contributed by atoms with Crippen LogP contribution in [0.2, 0.25) is 0 Å². The van der Waals surface area contributed by atoms with Crippen LogP contribution in [-0.2, 0) is 0 Å². The normalized spacial score (nSPS) is 10.5. The Hall–Kier alpha value is -5.67. The molecule has 6 aromatic rings. The van der Waals surface area contributed by atoms with Gasteiger partial charge in [-0.15, -0.1) is 0 Å². The Morgan fingerprint density at radius 1 is 0.452 bits per heavy atom. The van der Waals surface area contributed by atoms with Gasteiger partial charge in [0.15, 0.2) is 0 Å². The number of hydrogen-bond donors (Lipinski definition) is 0. The molecule has 0 bridgehead atoms. The maximum Gasteiger partial charge on any atom is 0.150 e. The molecule has 0 aromatic heterocycles. The summed E-state index contributed by atoms with van der Waals surface area (Å²) < 4.78 is 6.02. The van der Waals surface area contributed by atoms with Gasteiger partial charge in [0.25, 0.3) is 0 Å². The number of hydrogen-bond acceptors (Lipinski definition) is 3. The molecule has 6 aromatic carbocycles. The monoisotopic (exact) mass is 543 g/mol. The molecule has 6 rings (SSSR count). The minimum absolute atomic E-state index is 0.639. The van der Waals surface area contributed by atoms with Crippen LogP contribution in [-0.4, -0.2) is 6.29 Å². The van der Waals surface area contributed by atoms with Gasteiger partial charge in [0.05, 0.1) is 0 Å². The number of para-hydroxylation sites is 1. The summed E-state index contributed by atoms with van der Waals surface area (Å²) in [5.74, 6) is 1.55. The highest BCUT2D eigenvalue weighted by Gasteiger charge is 2.13. The first-order valence-corrected chi connectivity index (χ1v) is 13.9. The van der Waals surface area contributed by atoms with E-state index in [1.807, 2.05) is 91.0 Å². The van der Waals surface area contributed by atoms with Crippen molar-refractivity contribution >= 4 is 35.0 Å². The third kappa shape index (κ3) is 6.22. The summed E-state index contributed by atoms with van der Waals surface area (Å²) >= 11 is 0. The molecule has 0 aliphatic rings. The summed E-state index contributed by atoms with van der Waals surface area (Å²) in [7, 11) is 0. The van der Waals surface area contributed by atoms with Crippen LogP contribution in [0.1, 0.15) is 27.0 Å². The molecule has 42 heavy (non-hydrogen) atoms. The lowest BCUT2D eigenvalue weighted by atomic mass is 9.95. The maximum atomic E-state index is 11.3. The molecule has 0 atom stereocenters. The minimum Gasteiger partial charge on any atom is -0.457 e. The SMILES string of the molecule is O=Cc1ccc(N(c2ccc(C=C(c3ccccc3)c3ccccc3)cc2)c2ccc(Oc3ccccc3)cc2)cc1. The van der Waals surface area contributed by atoms with Gasteiger partial charge in [0.2, 0.25) is 0 Å². The van der Waals surface area contributed by atoms with Gasteiger partial charge in [-0.2, -0.15) is 0 Å². The van der Waals surface area contributed by atoms with Crippen molar-refractivity contribution in [3.8, 4) is 11.5 Å². The van der Waals surface area contributed by atoms with Gasteiger partial charge >= 0.3 is 0 Å². The maximum absolute atomic E-state index is 11.3. The summed E-state index contributed by atoms with van der Waals surface area (Å²) in [6.07, 6.45) is 3.09. The van der Waals surface area contributed by atoms with Gasteiger partial charge in [0.1, 0.15) is 17.8 Å². The molecule has 0 unspecified atom stereocenters. The van der Waals surface area contributed by atoms with Crippen LogP contribution >= 0.6 is 0 Å². The highest BCUT2D eigenvalue weighted by Crippen LogP contribution is 2.36. The molecule has 0 aliphatic heterocycles. The summed E-state index contributed by atoms with van der Waals surface area (Å²) in [6.45, 7) is 0. The Morgan fingerprint density at radius 3 is 1.33 bits per heavy atom. The highest BCUT2D eigenvalue weighted by molar-refractivity contribution is 5.91. The number of carbonyl (C=O) groups is 1. The van der Waals surface area contributed by atoms with Crippen molar-refractivity contribution in [2.75, 3.05) is 4.90 Å². The predicted octanol–water partition coefficient (Wildman–Crippen LogP) is 10.4. The first-order chi connectivity index (χ1) is 20.8. The van der Waals surface area contributed by atoms with Crippen molar-refractivity contribution in [1.82, 2.24) is 0 Å². The fourth-order valence-corrected chi connectivity index (χ4v) is 4.89. The van der Waals surface area contributed by atoms with E-state index in [-0.39, 0.29) is 0 Å². The van der Waals surface area contributed by atoms with Crippen molar-refractivity contribution in [3.05, 3.63) is 186 Å². The lowest BCUT2D eigenvalue weighted by molar-refractivity contribution is 0.112. The van der Waals surface area contributed by atoms with Gasteiger partial charge < -0.3 is 9.64 Å². The molecule has 0 saturated carbocycles. The zero-order valence-corrected chi connectivity index (χ0v) is 23.0. The Kier molecular flexibility index (Phi) is 8.01. The van der Waals surface area contributed by atoms with E-state index in [4.69, 9.17) is 4.74 Å². The van der Waals surface area contributed by atoms with Gasteiger partial charge in [-0.05, 0) is 101 Å². The molecule has 0 aliphatic carbocycles. The van der Waals surface area contributed by atoms with Gasteiger partial charge in [-0.1, -0.05) is 91.0 Å². The molecule has 0 radical (unpaired) electrons. The molecule has 0 amide bonds. The Labute approximate surface area is 246 Å². The molecule has 0 saturated heterocycles. The Balaban J connectivity index is 1.35. The molecule has 0 spiro atoms. The van der Waals surface area contributed by atoms with Crippen molar-refractivity contribution < 1.29 is 9.53 Å². The van der Waals surface area contributed by atoms with Crippen molar-refractivity contribution in [1.29, 1.82) is 0 Å². The third-order valence-corrected chi connectivity index (χ3v) is 6.99. The van der Waals surface area contributed by atoms with Gasteiger partial charge in [0, 0.05) is 22.6 Å². The van der Waals surface area contributed by atoms with E-state index >= 15 is 0 Å². The number of anilines is 3. The average molecular weight is 544 g/mol. The summed E-state index contributed by atoms with van der Waals surface area (Å²) in [4.78, 5) is 13.5. The lowest BCUT2D eigenvalue weighted by Crippen LogP contribution is -2.10. The molecule has 0 N–H and O–H groups in total. The number of carbonyl (C=O) groups excluding carboxylic acids is 1. The van der Waals surface area contributed by atoms with Crippen LogP contribution in [0.25, 0.3) is 11.6 Å². The molecular formula is C39H29NO2. The number of benzene rings is 6. The largest absolute Gasteiger partial charge is 0.457 e. The zero-order valence-electron chi connectivity index (χ0n) is 23.0. The first kappa shape index (κ1) is 26.5. The van der Waals surface area contributed by atoms with Gasteiger partial charge in [-0.25, -0.2) is 0 Å². The Bertz CT molecular complexity index is 1720. The molecule has 0 heterocycles. The second-order valence-corrected chi connectivity index (χ2v) is 9.84. The van der Waals surface area contributed by atoms with Crippen LogP contribution in [0.3, 0.4) is 0 Å². The quantitative estimate of drug-likeness (QED) is 0.134. The average Bonchev–Trinajstić information content (AvgIpc) is 3.07. The fourth-order valence-electron chi connectivity index (χ4n) is 4.89. The molecule has 3 nitrogen and oxygen atoms in total. The van der Waals surface area contributed by atoms with Crippen molar-refractivity contribution in [3.63, 3.8) is 0 Å². The van der Waals surface area contributed by atoms with Crippen LogP contribution in [0.5, 0.6) is 11.5 Å². The second kappa shape index (κ2) is 12.7.